The number of nitrogens with zero attached hydrogens (tertiary/aromatic N) is 2. The average Bonchev–Trinajstić information content (AvgIpc) is 3.21. The van der Waals surface area contributed by atoms with Crippen LogP contribution in [0.1, 0.15) is 52.9 Å². The highest BCUT2D eigenvalue weighted by Crippen LogP contribution is 2.35. The monoisotopic (exact) mass is 363 g/mol. The van der Waals surface area contributed by atoms with Crippen molar-refractivity contribution in [3.63, 3.8) is 0 Å². The Labute approximate surface area is 137 Å². The number of aryl methyl sites for hydroxylation is 2. The maximum atomic E-state index is 4.95. The second-order valence-corrected chi connectivity index (χ2v) is 7.97. The summed E-state index contributed by atoms with van der Waals surface area (Å²) in [5, 5.41) is 4.96. The van der Waals surface area contributed by atoms with Crippen molar-refractivity contribution < 1.29 is 0 Å². The minimum absolute atomic E-state index is 0.193. The first kappa shape index (κ1) is 13.9. The second-order valence-electron chi connectivity index (χ2n) is 5.94. The minimum atomic E-state index is 0.193. The third kappa shape index (κ3) is 3.05. The summed E-state index contributed by atoms with van der Waals surface area (Å²) in [6.07, 6.45) is 11.3. The van der Waals surface area contributed by atoms with Crippen LogP contribution in [0.5, 0.6) is 0 Å². The molecule has 3 nitrogen and oxygen atoms in total. The van der Waals surface area contributed by atoms with Crippen LogP contribution in [0.3, 0.4) is 0 Å². The molecule has 1 unspecified atom stereocenters. The molecule has 21 heavy (non-hydrogen) atoms. The van der Waals surface area contributed by atoms with Gasteiger partial charge in [-0.1, -0.05) is 0 Å². The zero-order chi connectivity index (χ0) is 14.2. The molecule has 2 aliphatic rings. The minimum Gasteiger partial charge on any atom is -0.301 e. The topological polar surface area (TPSA) is 37.8 Å². The largest absolute Gasteiger partial charge is 0.301 e. The molecule has 1 saturated carbocycles. The normalized spacial score (nSPS) is 19.3. The molecule has 1 N–H and O–H groups in total. The van der Waals surface area contributed by atoms with Crippen molar-refractivity contribution in [2.75, 3.05) is 0 Å². The summed E-state index contributed by atoms with van der Waals surface area (Å²) >= 11 is 5.43. The van der Waals surface area contributed by atoms with Gasteiger partial charge in [-0.25, -0.2) is 4.98 Å². The molecule has 110 valence electrons. The van der Waals surface area contributed by atoms with Crippen LogP contribution in [0.4, 0.5) is 0 Å². The zero-order valence-electron chi connectivity index (χ0n) is 11.8. The molecule has 2 aromatic heterocycles. The van der Waals surface area contributed by atoms with Crippen LogP contribution in [0.15, 0.2) is 22.9 Å². The summed E-state index contributed by atoms with van der Waals surface area (Å²) in [6.45, 7) is 0. The Morgan fingerprint density at radius 2 is 2.10 bits per heavy atom. The summed E-state index contributed by atoms with van der Waals surface area (Å²) in [5.74, 6) is 0. The average molecular weight is 364 g/mol. The van der Waals surface area contributed by atoms with Gasteiger partial charge >= 0.3 is 0 Å². The molecule has 5 heteroatoms. The molecule has 2 heterocycles. The summed E-state index contributed by atoms with van der Waals surface area (Å²) in [5.41, 5.74) is 2.55. The quantitative estimate of drug-likeness (QED) is 0.891. The second kappa shape index (κ2) is 5.78. The van der Waals surface area contributed by atoms with E-state index in [9.17, 15) is 0 Å². The standard InChI is InChI=1S/C16H18BrN3S/c17-11-7-10(8-18-9-11)15(19-12-5-6-12)16-20-13-3-1-2-4-14(13)21-16/h7-9,12,15,19H,1-6H2. The first-order chi connectivity index (χ1) is 10.3. The number of thiazole rings is 1. The van der Waals surface area contributed by atoms with Crippen LogP contribution < -0.4 is 5.32 Å². The highest BCUT2D eigenvalue weighted by Gasteiger charge is 2.29. The van der Waals surface area contributed by atoms with Gasteiger partial charge in [0.2, 0.25) is 0 Å². The van der Waals surface area contributed by atoms with E-state index >= 15 is 0 Å². The SMILES string of the molecule is Brc1cncc(C(NC2CC2)c2nc3c(s2)CCCC3)c1. The van der Waals surface area contributed by atoms with E-state index in [2.05, 4.69) is 32.3 Å². The maximum absolute atomic E-state index is 4.95. The molecule has 1 fully saturated rings. The fraction of sp³-hybridized carbons (Fsp3) is 0.500. The number of fused-ring (bicyclic) bond motifs is 1. The number of pyridine rings is 1. The van der Waals surface area contributed by atoms with E-state index in [1.807, 2.05) is 23.7 Å². The number of nitrogens with one attached hydrogen (secondary N) is 1. The van der Waals surface area contributed by atoms with Crippen LogP contribution in [0, 0.1) is 0 Å². The molecule has 4 rings (SSSR count). The van der Waals surface area contributed by atoms with Crippen molar-refractivity contribution >= 4 is 27.3 Å². The number of hydrogen-bond donors (Lipinski definition) is 1. The van der Waals surface area contributed by atoms with Gasteiger partial charge in [0, 0.05) is 27.8 Å². The molecule has 0 saturated heterocycles. The Bertz CT molecular complexity index is 627. The molecule has 1 atom stereocenters. The van der Waals surface area contributed by atoms with Gasteiger partial charge in [0.25, 0.3) is 0 Å². The van der Waals surface area contributed by atoms with E-state index in [1.165, 1.54) is 53.2 Å². The summed E-state index contributed by atoms with van der Waals surface area (Å²) in [7, 11) is 0. The van der Waals surface area contributed by atoms with Crippen LogP contribution in [0.2, 0.25) is 0 Å². The Morgan fingerprint density at radius 3 is 2.86 bits per heavy atom. The molecule has 0 aliphatic heterocycles. The van der Waals surface area contributed by atoms with Gasteiger partial charge in [-0.05, 0) is 66.1 Å². The molecule has 0 spiro atoms. The van der Waals surface area contributed by atoms with Crippen molar-refractivity contribution in [1.29, 1.82) is 0 Å². The van der Waals surface area contributed by atoms with Gasteiger partial charge in [-0.3, -0.25) is 4.98 Å². The number of hydrogen-bond acceptors (Lipinski definition) is 4. The molecule has 2 aromatic rings. The lowest BCUT2D eigenvalue weighted by Gasteiger charge is -2.16. The maximum Gasteiger partial charge on any atom is 0.115 e. The number of rotatable bonds is 4. The van der Waals surface area contributed by atoms with E-state index in [4.69, 9.17) is 4.98 Å². The predicted molar refractivity (Wildman–Crippen MR) is 88.7 cm³/mol. The third-order valence-electron chi connectivity index (χ3n) is 4.15. The van der Waals surface area contributed by atoms with Crippen molar-refractivity contribution in [3.05, 3.63) is 44.1 Å². The predicted octanol–water partition coefficient (Wildman–Crippen LogP) is 4.02. The Balaban J connectivity index is 1.69. The molecule has 0 bridgehead atoms. The summed E-state index contributed by atoms with van der Waals surface area (Å²) in [6, 6.07) is 3.00. The fourth-order valence-electron chi connectivity index (χ4n) is 2.88. The van der Waals surface area contributed by atoms with E-state index < -0.39 is 0 Å². The van der Waals surface area contributed by atoms with Gasteiger partial charge in [0.15, 0.2) is 0 Å². The van der Waals surface area contributed by atoms with Crippen molar-refractivity contribution in [1.82, 2.24) is 15.3 Å². The van der Waals surface area contributed by atoms with E-state index in [1.54, 1.807) is 0 Å². The first-order valence-corrected chi connectivity index (χ1v) is 9.25. The number of halogens is 1. The van der Waals surface area contributed by atoms with Gasteiger partial charge in [-0.15, -0.1) is 11.3 Å². The molecule has 0 amide bonds. The Hall–Kier alpha value is -0.780. The first-order valence-electron chi connectivity index (χ1n) is 7.64. The fourth-order valence-corrected chi connectivity index (χ4v) is 4.50. The summed E-state index contributed by atoms with van der Waals surface area (Å²) < 4.78 is 1.03. The molecule has 0 aromatic carbocycles. The van der Waals surface area contributed by atoms with Gasteiger partial charge in [-0.2, -0.15) is 0 Å². The van der Waals surface area contributed by atoms with Crippen molar-refractivity contribution in [2.45, 2.75) is 50.6 Å². The van der Waals surface area contributed by atoms with Gasteiger partial charge in [0.1, 0.15) is 5.01 Å². The van der Waals surface area contributed by atoms with E-state index in [-0.39, 0.29) is 6.04 Å². The highest BCUT2D eigenvalue weighted by molar-refractivity contribution is 9.10. The Morgan fingerprint density at radius 1 is 1.24 bits per heavy atom. The molecule has 2 aliphatic carbocycles. The smallest absolute Gasteiger partial charge is 0.115 e. The summed E-state index contributed by atoms with van der Waals surface area (Å²) in [4.78, 5) is 10.8. The zero-order valence-corrected chi connectivity index (χ0v) is 14.2. The van der Waals surface area contributed by atoms with Gasteiger partial charge < -0.3 is 5.32 Å². The Kier molecular flexibility index (Phi) is 3.81. The van der Waals surface area contributed by atoms with E-state index in [0.717, 1.165) is 10.9 Å². The van der Waals surface area contributed by atoms with Crippen LogP contribution in [0.25, 0.3) is 0 Å². The third-order valence-corrected chi connectivity index (χ3v) is 5.80. The van der Waals surface area contributed by atoms with Gasteiger partial charge in [0.05, 0.1) is 11.7 Å². The van der Waals surface area contributed by atoms with Crippen LogP contribution in [-0.4, -0.2) is 16.0 Å². The molecular weight excluding hydrogens is 346 g/mol. The molecular formula is C16H18BrN3S. The lowest BCUT2D eigenvalue weighted by Crippen LogP contribution is -2.24. The van der Waals surface area contributed by atoms with Crippen molar-refractivity contribution in [3.8, 4) is 0 Å². The van der Waals surface area contributed by atoms with Crippen molar-refractivity contribution in [2.24, 2.45) is 0 Å². The van der Waals surface area contributed by atoms with E-state index in [0.29, 0.717) is 6.04 Å². The van der Waals surface area contributed by atoms with Crippen LogP contribution in [-0.2, 0) is 12.8 Å². The lowest BCUT2D eigenvalue weighted by atomic mass is 10.0. The highest BCUT2D eigenvalue weighted by atomic mass is 79.9. The van der Waals surface area contributed by atoms with Crippen LogP contribution >= 0.6 is 27.3 Å². The number of aromatic nitrogens is 2. The molecule has 0 radical (unpaired) electrons. The lowest BCUT2D eigenvalue weighted by molar-refractivity contribution is 0.592.